The number of anilines is 1. The molecule has 0 bridgehead atoms. The van der Waals surface area contributed by atoms with Crippen LogP contribution in [-0.2, 0) is 35.0 Å². The standard InChI is InChI=1S/C31H31F6N3O6/c1-5-45-29(42)40-18(2)10-24(23-14-26(43-3)27(15-25(23)40)46-17-22-8-6-7-9-38-22)39(28(41)44-4)16-19-11-20(30(32,33)34)13-21(12-19)31(35,36)37/h6-9,11-15,18,24H,5,10,16-17H2,1-4H3/t18-,24+/m1/s1. The van der Waals surface area contributed by atoms with E-state index >= 15 is 0 Å². The second kappa shape index (κ2) is 13.7. The van der Waals surface area contributed by atoms with Gasteiger partial charge in [0.25, 0.3) is 0 Å². The van der Waals surface area contributed by atoms with E-state index in [4.69, 9.17) is 18.9 Å². The molecule has 15 heteroatoms. The monoisotopic (exact) mass is 655 g/mol. The van der Waals surface area contributed by atoms with Crippen molar-refractivity contribution in [2.45, 2.75) is 57.9 Å². The largest absolute Gasteiger partial charge is 0.493 e. The maximum Gasteiger partial charge on any atom is 0.416 e. The Labute approximate surface area is 260 Å². The number of rotatable bonds is 8. The van der Waals surface area contributed by atoms with Crippen molar-refractivity contribution in [1.82, 2.24) is 9.88 Å². The van der Waals surface area contributed by atoms with Gasteiger partial charge in [0.2, 0.25) is 0 Å². The van der Waals surface area contributed by atoms with Crippen molar-refractivity contribution >= 4 is 17.9 Å². The molecule has 0 radical (unpaired) electrons. The van der Waals surface area contributed by atoms with Crippen LogP contribution in [0, 0.1) is 0 Å². The number of hydrogen-bond acceptors (Lipinski definition) is 7. The number of nitrogens with zero attached hydrogens (tertiary/aromatic N) is 3. The summed E-state index contributed by atoms with van der Waals surface area (Å²) in [5.41, 5.74) is -2.37. The van der Waals surface area contributed by atoms with E-state index in [0.717, 1.165) is 12.0 Å². The van der Waals surface area contributed by atoms with Crippen LogP contribution in [0.15, 0.2) is 54.7 Å². The summed E-state index contributed by atoms with van der Waals surface area (Å²) in [6.45, 7) is 2.67. The number of methoxy groups -OCH3 is 2. The quantitative estimate of drug-likeness (QED) is 0.229. The first-order valence-electron chi connectivity index (χ1n) is 14.0. The molecule has 1 aromatic heterocycles. The van der Waals surface area contributed by atoms with E-state index < -0.39 is 59.9 Å². The van der Waals surface area contributed by atoms with Gasteiger partial charge < -0.3 is 18.9 Å². The predicted molar refractivity (Wildman–Crippen MR) is 152 cm³/mol. The first-order chi connectivity index (χ1) is 21.7. The van der Waals surface area contributed by atoms with Crippen LogP contribution in [0.5, 0.6) is 11.5 Å². The van der Waals surface area contributed by atoms with Crippen LogP contribution in [0.3, 0.4) is 0 Å². The first kappa shape index (κ1) is 34.2. The summed E-state index contributed by atoms with van der Waals surface area (Å²) in [6.07, 6.45) is -10.3. The van der Waals surface area contributed by atoms with Gasteiger partial charge >= 0.3 is 24.5 Å². The Morgan fingerprint density at radius 1 is 0.978 bits per heavy atom. The van der Waals surface area contributed by atoms with Gasteiger partial charge in [0.15, 0.2) is 11.5 Å². The fourth-order valence-corrected chi connectivity index (χ4v) is 5.23. The molecule has 2 amide bonds. The minimum Gasteiger partial charge on any atom is -0.493 e. The van der Waals surface area contributed by atoms with Crippen molar-refractivity contribution in [1.29, 1.82) is 0 Å². The smallest absolute Gasteiger partial charge is 0.416 e. The van der Waals surface area contributed by atoms with Crippen LogP contribution in [0.25, 0.3) is 0 Å². The SMILES string of the molecule is CCOC(=O)N1c2cc(OCc3ccccn3)c(OC)cc2[C@@H](N(Cc2cc(C(F)(F)F)cc(C(F)(F)F)c2)C(=O)OC)C[C@H]1C. The lowest BCUT2D eigenvalue weighted by molar-refractivity contribution is -0.143. The molecule has 3 aromatic rings. The van der Waals surface area contributed by atoms with Crippen molar-refractivity contribution in [3.8, 4) is 11.5 Å². The number of alkyl halides is 6. The lowest BCUT2D eigenvalue weighted by Crippen LogP contribution is -2.47. The van der Waals surface area contributed by atoms with Crippen molar-refractivity contribution in [2.75, 3.05) is 25.7 Å². The Morgan fingerprint density at radius 3 is 2.20 bits per heavy atom. The number of carbonyl (C=O) groups is 2. The van der Waals surface area contributed by atoms with E-state index in [-0.39, 0.29) is 42.9 Å². The average molecular weight is 656 g/mol. The molecular weight excluding hydrogens is 624 g/mol. The molecule has 0 N–H and O–H groups in total. The van der Waals surface area contributed by atoms with E-state index in [9.17, 15) is 35.9 Å². The molecule has 46 heavy (non-hydrogen) atoms. The molecule has 4 rings (SSSR count). The Balaban J connectivity index is 1.84. The molecular formula is C31H31F6N3O6. The minimum absolute atomic E-state index is 0.0124. The fourth-order valence-electron chi connectivity index (χ4n) is 5.23. The van der Waals surface area contributed by atoms with Crippen molar-refractivity contribution in [2.24, 2.45) is 0 Å². The Hall–Kier alpha value is -4.69. The normalized spacial score (nSPS) is 16.3. The zero-order valence-corrected chi connectivity index (χ0v) is 25.2. The third-order valence-corrected chi connectivity index (χ3v) is 7.29. The number of ether oxygens (including phenoxy) is 4. The number of pyridine rings is 1. The summed E-state index contributed by atoms with van der Waals surface area (Å²) in [5, 5.41) is 0. The van der Waals surface area contributed by atoms with E-state index in [1.165, 1.54) is 24.1 Å². The summed E-state index contributed by atoms with van der Waals surface area (Å²) >= 11 is 0. The molecule has 2 heterocycles. The average Bonchev–Trinajstić information content (AvgIpc) is 3.01. The van der Waals surface area contributed by atoms with Crippen LogP contribution in [0.2, 0.25) is 0 Å². The molecule has 248 valence electrons. The second-order valence-electron chi connectivity index (χ2n) is 10.4. The number of amides is 2. The highest BCUT2D eigenvalue weighted by Crippen LogP contribution is 2.47. The first-order valence-corrected chi connectivity index (χ1v) is 14.0. The molecule has 1 aliphatic heterocycles. The predicted octanol–water partition coefficient (Wildman–Crippen LogP) is 7.77. The summed E-state index contributed by atoms with van der Waals surface area (Å²) in [7, 11) is 2.40. The van der Waals surface area contributed by atoms with E-state index in [0.29, 0.717) is 23.4 Å². The molecule has 9 nitrogen and oxygen atoms in total. The van der Waals surface area contributed by atoms with Gasteiger partial charge in [0.05, 0.1) is 49.4 Å². The van der Waals surface area contributed by atoms with Crippen LogP contribution in [0.4, 0.5) is 41.6 Å². The van der Waals surface area contributed by atoms with E-state index in [2.05, 4.69) is 4.98 Å². The fraction of sp³-hybridized carbons (Fsp3) is 0.387. The molecule has 0 fully saturated rings. The van der Waals surface area contributed by atoms with Crippen LogP contribution in [-0.4, -0.2) is 48.9 Å². The van der Waals surface area contributed by atoms with Crippen LogP contribution >= 0.6 is 0 Å². The van der Waals surface area contributed by atoms with Gasteiger partial charge in [-0.05, 0) is 62.2 Å². The Morgan fingerprint density at radius 2 is 1.65 bits per heavy atom. The van der Waals surface area contributed by atoms with Crippen molar-refractivity contribution < 1.29 is 54.9 Å². The number of carbonyl (C=O) groups excluding carboxylic acids is 2. The molecule has 0 spiro atoms. The highest BCUT2D eigenvalue weighted by molar-refractivity contribution is 5.91. The summed E-state index contributed by atoms with van der Waals surface area (Å²) < 4.78 is 103. The van der Waals surface area contributed by atoms with Gasteiger partial charge in [-0.15, -0.1) is 0 Å². The third kappa shape index (κ3) is 7.57. The minimum atomic E-state index is -5.09. The van der Waals surface area contributed by atoms with Gasteiger partial charge in [-0.3, -0.25) is 14.8 Å². The van der Waals surface area contributed by atoms with Crippen molar-refractivity contribution in [3.63, 3.8) is 0 Å². The number of benzene rings is 2. The second-order valence-corrected chi connectivity index (χ2v) is 10.4. The number of fused-ring (bicyclic) bond motifs is 1. The lowest BCUT2D eigenvalue weighted by atomic mass is 9.90. The maximum atomic E-state index is 13.6. The molecule has 2 aromatic carbocycles. The summed E-state index contributed by atoms with van der Waals surface area (Å²) in [5.74, 6) is 0.382. The molecule has 0 saturated carbocycles. The third-order valence-electron chi connectivity index (χ3n) is 7.29. The van der Waals surface area contributed by atoms with Crippen molar-refractivity contribution in [3.05, 3.63) is 82.7 Å². The van der Waals surface area contributed by atoms with Gasteiger partial charge in [-0.2, -0.15) is 26.3 Å². The highest BCUT2D eigenvalue weighted by atomic mass is 19.4. The maximum absolute atomic E-state index is 13.6. The highest BCUT2D eigenvalue weighted by Gasteiger charge is 2.42. The van der Waals surface area contributed by atoms with Gasteiger partial charge in [0.1, 0.15) is 6.61 Å². The molecule has 1 aliphatic rings. The van der Waals surface area contributed by atoms with Crippen LogP contribution in [0.1, 0.15) is 54.3 Å². The zero-order valence-electron chi connectivity index (χ0n) is 25.2. The van der Waals surface area contributed by atoms with Gasteiger partial charge in [0, 0.05) is 30.4 Å². The Kier molecular flexibility index (Phi) is 10.2. The number of hydrogen-bond donors (Lipinski definition) is 0. The molecule has 0 saturated heterocycles. The number of halogens is 6. The Bertz CT molecular complexity index is 1520. The topological polar surface area (TPSA) is 90.4 Å². The van der Waals surface area contributed by atoms with Crippen LogP contribution < -0.4 is 14.4 Å². The molecule has 0 aliphatic carbocycles. The summed E-state index contributed by atoms with van der Waals surface area (Å²) in [6, 6.07) is 7.70. The van der Waals surface area contributed by atoms with Gasteiger partial charge in [-0.25, -0.2) is 9.59 Å². The van der Waals surface area contributed by atoms with E-state index in [1.807, 2.05) is 0 Å². The molecule has 2 atom stereocenters. The number of aromatic nitrogens is 1. The summed E-state index contributed by atoms with van der Waals surface area (Å²) in [4.78, 5) is 32.9. The lowest BCUT2D eigenvalue weighted by Gasteiger charge is -2.42. The van der Waals surface area contributed by atoms with Gasteiger partial charge in [-0.1, -0.05) is 6.07 Å². The van der Waals surface area contributed by atoms with E-state index in [1.54, 1.807) is 38.2 Å². The molecule has 0 unspecified atom stereocenters. The zero-order chi connectivity index (χ0) is 33.8.